The molecule has 16 heavy (non-hydrogen) atoms. The highest BCUT2D eigenvalue weighted by atomic mass is 16.5. The largest absolute Gasteiger partial charge is 0.488 e. The lowest BCUT2D eigenvalue weighted by Gasteiger charge is -2.06. The molecule has 3 nitrogen and oxygen atoms in total. The summed E-state index contributed by atoms with van der Waals surface area (Å²) >= 11 is 0. The Morgan fingerprint density at radius 3 is 1.94 bits per heavy atom. The van der Waals surface area contributed by atoms with Crippen molar-refractivity contribution >= 4 is 12.6 Å². The summed E-state index contributed by atoms with van der Waals surface area (Å²) in [6.07, 6.45) is 0. The van der Waals surface area contributed by atoms with Gasteiger partial charge in [-0.1, -0.05) is 30.3 Å². The third-order valence-electron chi connectivity index (χ3n) is 2.16. The van der Waals surface area contributed by atoms with Gasteiger partial charge in [0.2, 0.25) is 0 Å². The minimum Gasteiger partial charge on any atom is -0.457 e. The zero-order valence-corrected chi connectivity index (χ0v) is 8.58. The van der Waals surface area contributed by atoms with Gasteiger partial charge >= 0.3 is 7.12 Å². The summed E-state index contributed by atoms with van der Waals surface area (Å²) in [5.41, 5.74) is 0.445. The van der Waals surface area contributed by atoms with E-state index in [9.17, 15) is 0 Å². The number of ether oxygens (including phenoxy) is 1. The summed E-state index contributed by atoms with van der Waals surface area (Å²) < 4.78 is 5.55. The Balaban J connectivity index is 0.00000144. The molecule has 0 amide bonds. The van der Waals surface area contributed by atoms with Gasteiger partial charge in [0.15, 0.2) is 0 Å². The van der Waals surface area contributed by atoms with E-state index in [1.807, 2.05) is 30.3 Å². The molecule has 84 valence electrons. The normalized spacial score (nSPS) is 9.88. The molecule has 2 aromatic rings. The Bertz CT molecular complexity index is 449. The van der Waals surface area contributed by atoms with Crippen LogP contribution in [0.25, 0.3) is 0 Å². The molecule has 2 rings (SSSR count). The smallest absolute Gasteiger partial charge is 0.457 e. The van der Waals surface area contributed by atoms with Crippen LogP contribution in [0.5, 0.6) is 11.5 Å². The van der Waals surface area contributed by atoms with E-state index in [1.54, 1.807) is 24.3 Å². The summed E-state index contributed by atoms with van der Waals surface area (Å²) in [5, 5.41) is 17.8. The second kappa shape index (κ2) is 4.83. The quantitative estimate of drug-likeness (QED) is 0.770. The molecule has 2 N–H and O–H groups in total. The molecule has 0 spiro atoms. The van der Waals surface area contributed by atoms with Gasteiger partial charge in [0.25, 0.3) is 0 Å². The fourth-order valence-electron chi connectivity index (χ4n) is 1.33. The summed E-state index contributed by atoms with van der Waals surface area (Å²) in [6, 6.07) is 16.0. The van der Waals surface area contributed by atoms with Crippen molar-refractivity contribution in [2.75, 3.05) is 0 Å². The molecule has 0 fully saturated rings. The van der Waals surface area contributed by atoms with E-state index >= 15 is 0 Å². The number of hydrogen-bond acceptors (Lipinski definition) is 3. The minimum atomic E-state index is -1.44. The SMILES string of the molecule is OB(O)c1ccc(Oc2ccccc2)cc1.[HH].[HH]. The summed E-state index contributed by atoms with van der Waals surface area (Å²) in [7, 11) is -1.44. The molecular weight excluding hydrogens is 203 g/mol. The van der Waals surface area contributed by atoms with Gasteiger partial charge in [-0.15, -0.1) is 0 Å². The maximum Gasteiger partial charge on any atom is 0.488 e. The van der Waals surface area contributed by atoms with Crippen LogP contribution in [-0.2, 0) is 0 Å². The van der Waals surface area contributed by atoms with Crippen LogP contribution >= 0.6 is 0 Å². The van der Waals surface area contributed by atoms with Gasteiger partial charge in [-0.2, -0.15) is 0 Å². The van der Waals surface area contributed by atoms with Crippen molar-refractivity contribution in [3.63, 3.8) is 0 Å². The zero-order chi connectivity index (χ0) is 11.4. The average molecular weight is 218 g/mol. The van der Waals surface area contributed by atoms with Crippen LogP contribution in [0.15, 0.2) is 54.6 Å². The maximum absolute atomic E-state index is 8.92. The lowest BCUT2D eigenvalue weighted by Crippen LogP contribution is -2.29. The monoisotopic (exact) mass is 218 g/mol. The minimum absolute atomic E-state index is 0. The van der Waals surface area contributed by atoms with Crippen LogP contribution in [0.1, 0.15) is 2.85 Å². The van der Waals surface area contributed by atoms with Gasteiger partial charge in [0.05, 0.1) is 0 Å². The molecule has 0 saturated carbocycles. The molecule has 0 heterocycles. The van der Waals surface area contributed by atoms with Crippen molar-refractivity contribution in [2.45, 2.75) is 0 Å². The standard InChI is InChI=1S/C12H11BO3.2H2/c14-13(15)10-6-8-12(9-7-10)16-11-4-2-1-3-5-11;;/h1-9,14-15H;2*1H. The second-order valence-corrected chi connectivity index (χ2v) is 3.36. The van der Waals surface area contributed by atoms with E-state index in [4.69, 9.17) is 14.8 Å². The van der Waals surface area contributed by atoms with Crippen molar-refractivity contribution in [1.29, 1.82) is 0 Å². The second-order valence-electron chi connectivity index (χ2n) is 3.36. The van der Waals surface area contributed by atoms with Gasteiger partial charge < -0.3 is 14.8 Å². The molecule has 0 radical (unpaired) electrons. The lowest BCUT2D eigenvalue weighted by atomic mass is 9.80. The van der Waals surface area contributed by atoms with Gasteiger partial charge in [-0.3, -0.25) is 0 Å². The molecule has 0 atom stereocenters. The molecule has 0 aliphatic rings. The van der Waals surface area contributed by atoms with Crippen LogP contribution < -0.4 is 10.2 Å². The summed E-state index contributed by atoms with van der Waals surface area (Å²) in [5.74, 6) is 1.41. The van der Waals surface area contributed by atoms with Crippen LogP contribution in [0, 0.1) is 0 Å². The van der Waals surface area contributed by atoms with Gasteiger partial charge in [0, 0.05) is 2.85 Å². The number of benzene rings is 2. The summed E-state index contributed by atoms with van der Waals surface area (Å²) in [6.45, 7) is 0. The number of para-hydroxylation sites is 1. The number of rotatable bonds is 3. The Labute approximate surface area is 97.1 Å². The molecule has 0 aromatic heterocycles. The zero-order valence-electron chi connectivity index (χ0n) is 8.58. The van der Waals surface area contributed by atoms with Gasteiger partial charge in [0.1, 0.15) is 11.5 Å². The predicted molar refractivity (Wildman–Crippen MR) is 67.0 cm³/mol. The van der Waals surface area contributed by atoms with Crippen molar-refractivity contribution in [1.82, 2.24) is 0 Å². The van der Waals surface area contributed by atoms with E-state index in [2.05, 4.69) is 0 Å². The van der Waals surface area contributed by atoms with Crippen molar-refractivity contribution in [3.8, 4) is 11.5 Å². The third-order valence-corrected chi connectivity index (χ3v) is 2.16. The number of hydrogen-bond donors (Lipinski definition) is 2. The molecule has 0 aliphatic carbocycles. The molecular formula is C12H15BO3. The van der Waals surface area contributed by atoms with E-state index in [-0.39, 0.29) is 2.85 Å². The van der Waals surface area contributed by atoms with Crippen molar-refractivity contribution in [2.24, 2.45) is 0 Å². The molecule has 2 aromatic carbocycles. The molecule has 0 bridgehead atoms. The maximum atomic E-state index is 8.92. The van der Waals surface area contributed by atoms with E-state index in [0.29, 0.717) is 11.2 Å². The van der Waals surface area contributed by atoms with E-state index < -0.39 is 7.12 Å². The van der Waals surface area contributed by atoms with E-state index in [1.165, 1.54) is 0 Å². The third kappa shape index (κ3) is 2.62. The highest BCUT2D eigenvalue weighted by molar-refractivity contribution is 6.58. The topological polar surface area (TPSA) is 49.7 Å². The van der Waals surface area contributed by atoms with Crippen LogP contribution in [0.4, 0.5) is 0 Å². The van der Waals surface area contributed by atoms with Crippen molar-refractivity contribution in [3.05, 3.63) is 54.6 Å². The summed E-state index contributed by atoms with van der Waals surface area (Å²) in [4.78, 5) is 0. The van der Waals surface area contributed by atoms with Gasteiger partial charge in [-0.05, 0) is 29.7 Å². The fourth-order valence-corrected chi connectivity index (χ4v) is 1.33. The molecule has 0 unspecified atom stereocenters. The fraction of sp³-hybridized carbons (Fsp3) is 0. The molecule has 0 aliphatic heterocycles. The van der Waals surface area contributed by atoms with Gasteiger partial charge in [-0.25, -0.2) is 0 Å². The first-order chi connectivity index (χ1) is 7.75. The Morgan fingerprint density at radius 1 is 0.812 bits per heavy atom. The van der Waals surface area contributed by atoms with Crippen LogP contribution in [-0.4, -0.2) is 17.2 Å². The highest BCUT2D eigenvalue weighted by Gasteiger charge is 2.09. The van der Waals surface area contributed by atoms with Crippen LogP contribution in [0.3, 0.4) is 0 Å². The highest BCUT2D eigenvalue weighted by Crippen LogP contribution is 2.19. The molecule has 4 heteroatoms. The Morgan fingerprint density at radius 2 is 1.38 bits per heavy atom. The Hall–Kier alpha value is -1.78. The first-order valence-corrected chi connectivity index (χ1v) is 4.95. The first kappa shape index (κ1) is 10.7. The first-order valence-electron chi connectivity index (χ1n) is 4.95. The average Bonchev–Trinajstić information content (AvgIpc) is 2.31. The molecule has 0 saturated heterocycles. The van der Waals surface area contributed by atoms with Crippen molar-refractivity contribution < 1.29 is 17.6 Å². The predicted octanol–water partition coefficient (Wildman–Crippen LogP) is 1.65. The van der Waals surface area contributed by atoms with E-state index in [0.717, 1.165) is 5.75 Å². The Kier molecular flexibility index (Phi) is 3.24. The van der Waals surface area contributed by atoms with Crippen LogP contribution in [0.2, 0.25) is 0 Å². The lowest BCUT2D eigenvalue weighted by molar-refractivity contribution is 0.425.